The van der Waals surface area contributed by atoms with Crippen molar-refractivity contribution in [1.82, 2.24) is 10.4 Å². The van der Waals surface area contributed by atoms with E-state index in [2.05, 4.69) is 30.2 Å². The van der Waals surface area contributed by atoms with Crippen LogP contribution in [0.15, 0.2) is 55.1 Å². The molecule has 3 atom stereocenters. The Kier molecular flexibility index (Phi) is 5.19. The van der Waals surface area contributed by atoms with Crippen molar-refractivity contribution >= 4 is 23.7 Å². The number of ether oxygens (including phenoxy) is 1. The molecule has 1 saturated heterocycles. The van der Waals surface area contributed by atoms with Crippen LogP contribution in [0.25, 0.3) is 6.08 Å². The Hall–Kier alpha value is -2.28. The van der Waals surface area contributed by atoms with Crippen LogP contribution in [-0.4, -0.2) is 24.1 Å². The molecule has 5 nitrogen and oxygen atoms in total. The largest absolute Gasteiger partial charge is 0.493 e. The molecule has 1 fully saturated rings. The first-order chi connectivity index (χ1) is 13.6. The molecule has 6 heteroatoms. The van der Waals surface area contributed by atoms with Crippen molar-refractivity contribution in [2.75, 3.05) is 13.2 Å². The van der Waals surface area contributed by atoms with E-state index in [9.17, 15) is 4.79 Å². The number of fused-ring (bicyclic) bond motifs is 2. The summed E-state index contributed by atoms with van der Waals surface area (Å²) in [7, 11) is 0. The molecule has 28 heavy (non-hydrogen) atoms. The molecule has 2 aromatic carbocycles. The zero-order valence-electron chi connectivity index (χ0n) is 15.9. The second-order valence-corrected chi connectivity index (χ2v) is 8.46. The van der Waals surface area contributed by atoms with Crippen molar-refractivity contribution in [3.8, 4) is 5.75 Å². The second kappa shape index (κ2) is 7.62. The van der Waals surface area contributed by atoms with Crippen molar-refractivity contribution in [3.63, 3.8) is 0 Å². The summed E-state index contributed by atoms with van der Waals surface area (Å²) in [5.74, 6) is 0.895. The maximum atomic E-state index is 12.7. The highest BCUT2D eigenvalue weighted by Crippen LogP contribution is 2.60. The highest BCUT2D eigenvalue weighted by molar-refractivity contribution is 8.00. The SMILES string of the molecule is C=Cc1cccc(C2NN(C(C)=O)[C@@]3(S2)c2ccccc2OC[C@@H]3CCN)c1. The van der Waals surface area contributed by atoms with Gasteiger partial charge in [0, 0.05) is 18.4 Å². The smallest absolute Gasteiger partial charge is 0.235 e. The number of para-hydroxylation sites is 1. The number of carbonyl (C=O) groups is 1. The Bertz CT molecular complexity index is 903. The van der Waals surface area contributed by atoms with Crippen LogP contribution in [0, 0.1) is 5.92 Å². The van der Waals surface area contributed by atoms with Crippen LogP contribution >= 0.6 is 11.8 Å². The van der Waals surface area contributed by atoms with E-state index in [1.807, 2.05) is 36.4 Å². The lowest BCUT2D eigenvalue weighted by molar-refractivity contribution is -0.138. The van der Waals surface area contributed by atoms with Gasteiger partial charge in [-0.1, -0.05) is 49.1 Å². The number of nitrogens with two attached hydrogens (primary N) is 1. The van der Waals surface area contributed by atoms with Gasteiger partial charge < -0.3 is 10.5 Å². The minimum Gasteiger partial charge on any atom is -0.493 e. The quantitative estimate of drug-likeness (QED) is 0.827. The van der Waals surface area contributed by atoms with Gasteiger partial charge in [-0.2, -0.15) is 0 Å². The average molecular weight is 396 g/mol. The fourth-order valence-corrected chi connectivity index (χ4v) is 5.90. The summed E-state index contributed by atoms with van der Waals surface area (Å²) >= 11 is 1.76. The number of hydrogen-bond acceptors (Lipinski definition) is 5. The Balaban J connectivity index is 1.84. The number of thioether (sulfide) groups is 1. The molecule has 4 rings (SSSR count). The van der Waals surface area contributed by atoms with Crippen LogP contribution in [0.3, 0.4) is 0 Å². The molecule has 1 amide bonds. The Morgan fingerprint density at radius 2 is 2.21 bits per heavy atom. The van der Waals surface area contributed by atoms with Gasteiger partial charge in [0.1, 0.15) is 10.6 Å². The van der Waals surface area contributed by atoms with E-state index in [0.29, 0.717) is 13.2 Å². The highest BCUT2D eigenvalue weighted by atomic mass is 32.2. The third kappa shape index (κ3) is 3.02. The number of carbonyl (C=O) groups excluding carboxylic acids is 1. The number of hydrazine groups is 1. The zero-order chi connectivity index (χ0) is 19.7. The standard InChI is InChI=1S/C22H25N3O2S/c1-3-16-7-6-8-17(13-16)21-24-25(15(2)26)22(28-21)18(11-12-23)14-27-20-10-5-4-9-19(20)22/h3-10,13,18,21,24H,1,11-12,14,23H2,2H3/t18-,21?,22-/m0/s1. The molecule has 0 radical (unpaired) electrons. The first-order valence-corrected chi connectivity index (χ1v) is 10.4. The molecule has 0 aromatic heterocycles. The summed E-state index contributed by atoms with van der Waals surface area (Å²) < 4.78 is 6.03. The number of hydrogen-bond donors (Lipinski definition) is 2. The molecule has 146 valence electrons. The molecule has 2 aliphatic heterocycles. The normalized spacial score (nSPS) is 26.0. The lowest BCUT2D eigenvalue weighted by Crippen LogP contribution is -2.55. The second-order valence-electron chi connectivity index (χ2n) is 7.13. The maximum Gasteiger partial charge on any atom is 0.235 e. The van der Waals surface area contributed by atoms with Gasteiger partial charge in [-0.3, -0.25) is 9.80 Å². The third-order valence-corrected chi connectivity index (χ3v) is 7.13. The number of rotatable bonds is 4. The molecule has 3 N–H and O–H groups in total. The van der Waals surface area contributed by atoms with Gasteiger partial charge in [-0.05, 0) is 36.2 Å². The summed E-state index contributed by atoms with van der Waals surface area (Å²) in [5, 5.41) is 1.74. The van der Waals surface area contributed by atoms with Crippen LogP contribution < -0.4 is 15.9 Å². The lowest BCUT2D eigenvalue weighted by Gasteiger charge is -2.45. The molecule has 1 spiro atoms. The Morgan fingerprint density at radius 1 is 1.39 bits per heavy atom. The molecule has 2 heterocycles. The molecule has 2 aliphatic rings. The van der Waals surface area contributed by atoms with E-state index >= 15 is 0 Å². The number of benzene rings is 2. The summed E-state index contributed by atoms with van der Waals surface area (Å²) in [6, 6.07) is 16.2. The van der Waals surface area contributed by atoms with E-state index in [4.69, 9.17) is 10.5 Å². The van der Waals surface area contributed by atoms with E-state index in [0.717, 1.165) is 28.9 Å². The van der Waals surface area contributed by atoms with Crippen LogP contribution in [0.4, 0.5) is 0 Å². The van der Waals surface area contributed by atoms with Crippen molar-refractivity contribution in [2.45, 2.75) is 23.6 Å². The molecular formula is C22H25N3O2S. The number of nitrogens with zero attached hydrogens (tertiary/aromatic N) is 1. The van der Waals surface area contributed by atoms with E-state index in [1.54, 1.807) is 23.7 Å². The fraction of sp³-hybridized carbons (Fsp3) is 0.318. The minimum absolute atomic E-state index is 0.0198. The monoisotopic (exact) mass is 395 g/mol. The summed E-state index contributed by atoms with van der Waals surface area (Å²) in [4.78, 5) is 12.2. The average Bonchev–Trinajstić information content (AvgIpc) is 3.12. The summed E-state index contributed by atoms with van der Waals surface area (Å²) in [6.07, 6.45) is 2.61. The van der Waals surface area contributed by atoms with E-state index in [-0.39, 0.29) is 17.2 Å². The van der Waals surface area contributed by atoms with Crippen molar-refractivity contribution in [2.24, 2.45) is 11.7 Å². The molecular weight excluding hydrogens is 370 g/mol. The van der Waals surface area contributed by atoms with Crippen molar-refractivity contribution in [1.29, 1.82) is 0 Å². The van der Waals surface area contributed by atoms with Gasteiger partial charge in [-0.15, -0.1) is 11.8 Å². The maximum absolute atomic E-state index is 12.7. The predicted octanol–water partition coefficient (Wildman–Crippen LogP) is 3.64. The van der Waals surface area contributed by atoms with E-state index in [1.165, 1.54) is 0 Å². The molecule has 1 unspecified atom stereocenters. The van der Waals surface area contributed by atoms with Crippen LogP contribution in [0.1, 0.15) is 35.4 Å². The molecule has 0 aliphatic carbocycles. The third-order valence-electron chi connectivity index (χ3n) is 5.42. The summed E-state index contributed by atoms with van der Waals surface area (Å²) in [6.45, 7) is 6.55. The van der Waals surface area contributed by atoms with Gasteiger partial charge in [-0.25, -0.2) is 5.43 Å². The van der Waals surface area contributed by atoms with Crippen LogP contribution in [0.5, 0.6) is 5.75 Å². The molecule has 0 saturated carbocycles. The fourth-order valence-electron chi connectivity index (χ4n) is 4.14. The molecule has 2 aromatic rings. The van der Waals surface area contributed by atoms with Crippen LogP contribution in [-0.2, 0) is 9.67 Å². The minimum atomic E-state index is -0.561. The van der Waals surface area contributed by atoms with Gasteiger partial charge in [0.15, 0.2) is 0 Å². The Labute approximate surface area is 169 Å². The molecule has 0 bridgehead atoms. The number of amides is 1. The van der Waals surface area contributed by atoms with Crippen LogP contribution in [0.2, 0.25) is 0 Å². The first-order valence-electron chi connectivity index (χ1n) is 9.49. The van der Waals surface area contributed by atoms with Gasteiger partial charge in [0.05, 0.1) is 12.0 Å². The van der Waals surface area contributed by atoms with Gasteiger partial charge in [0.25, 0.3) is 0 Å². The highest BCUT2D eigenvalue weighted by Gasteiger charge is 2.57. The number of nitrogens with one attached hydrogen (secondary N) is 1. The summed E-state index contributed by atoms with van der Waals surface area (Å²) in [5.41, 5.74) is 12.6. The zero-order valence-corrected chi connectivity index (χ0v) is 16.7. The van der Waals surface area contributed by atoms with Gasteiger partial charge in [0.2, 0.25) is 5.91 Å². The van der Waals surface area contributed by atoms with E-state index < -0.39 is 4.87 Å². The van der Waals surface area contributed by atoms with Crippen molar-refractivity contribution in [3.05, 3.63) is 71.8 Å². The first kappa shape index (κ1) is 19.1. The lowest BCUT2D eigenvalue weighted by atomic mass is 9.86. The predicted molar refractivity (Wildman–Crippen MR) is 113 cm³/mol. The van der Waals surface area contributed by atoms with Gasteiger partial charge >= 0.3 is 0 Å². The topological polar surface area (TPSA) is 67.6 Å². The Morgan fingerprint density at radius 3 is 2.96 bits per heavy atom. The van der Waals surface area contributed by atoms with Crippen molar-refractivity contribution < 1.29 is 9.53 Å².